The van der Waals surface area contributed by atoms with Crippen LogP contribution in [0, 0.1) is 13.8 Å². The molecule has 6 heteroatoms. The molecule has 5 rings (SSSR count). The Hall–Kier alpha value is -3.41. The molecule has 0 radical (unpaired) electrons. The van der Waals surface area contributed by atoms with E-state index < -0.39 is 0 Å². The van der Waals surface area contributed by atoms with Gasteiger partial charge in [-0.3, -0.25) is 9.78 Å². The highest BCUT2D eigenvalue weighted by Gasteiger charge is 2.37. The number of carbonyl (C=O) groups is 1. The summed E-state index contributed by atoms with van der Waals surface area (Å²) in [6.45, 7) is 6.38. The molecule has 0 saturated carbocycles. The first-order valence-corrected chi connectivity index (χ1v) is 10.4. The largest absolute Gasteiger partial charge is 0.361 e. The van der Waals surface area contributed by atoms with E-state index in [2.05, 4.69) is 28.3 Å². The molecule has 30 heavy (non-hydrogen) atoms. The lowest BCUT2D eigenvalue weighted by molar-refractivity contribution is 0.0685. The monoisotopic (exact) mass is 400 g/mol. The van der Waals surface area contributed by atoms with Crippen molar-refractivity contribution in [3.8, 4) is 0 Å². The van der Waals surface area contributed by atoms with Crippen LogP contribution in [0.2, 0.25) is 0 Å². The van der Waals surface area contributed by atoms with E-state index in [1.165, 1.54) is 10.9 Å². The summed E-state index contributed by atoms with van der Waals surface area (Å²) in [6.07, 6.45) is 1.44. The average molecular weight is 400 g/mol. The van der Waals surface area contributed by atoms with Gasteiger partial charge in [-0.25, -0.2) is 0 Å². The van der Waals surface area contributed by atoms with Gasteiger partial charge in [0.25, 0.3) is 5.91 Å². The van der Waals surface area contributed by atoms with Crippen LogP contribution in [-0.4, -0.2) is 32.5 Å². The number of rotatable bonds is 3. The molecule has 1 atom stereocenters. The Kier molecular flexibility index (Phi) is 4.42. The zero-order valence-corrected chi connectivity index (χ0v) is 17.4. The Labute approximate surface area is 174 Å². The van der Waals surface area contributed by atoms with Crippen molar-refractivity contribution < 1.29 is 9.32 Å². The van der Waals surface area contributed by atoms with E-state index in [1.54, 1.807) is 6.92 Å². The SMILES string of the molecule is CCc1noc(C)c1C(=O)N1CCc2c([nH]c3ccccc23)[C@H]1c1cccc(C)n1. The van der Waals surface area contributed by atoms with Crippen LogP contribution in [0.1, 0.15) is 57.4 Å². The second kappa shape index (κ2) is 7.13. The lowest BCUT2D eigenvalue weighted by Gasteiger charge is -2.35. The molecule has 0 bridgehead atoms. The molecule has 3 aromatic heterocycles. The van der Waals surface area contributed by atoms with Crippen molar-refractivity contribution >= 4 is 16.8 Å². The summed E-state index contributed by atoms with van der Waals surface area (Å²) in [5.74, 6) is 0.512. The smallest absolute Gasteiger partial charge is 0.260 e. The molecule has 4 aromatic rings. The molecule has 1 aliphatic rings. The highest BCUT2D eigenvalue weighted by Crippen LogP contribution is 2.39. The minimum Gasteiger partial charge on any atom is -0.361 e. The number of H-pyrrole nitrogens is 1. The maximum atomic E-state index is 13.7. The molecule has 1 aromatic carbocycles. The molecule has 0 fully saturated rings. The van der Waals surface area contributed by atoms with Crippen LogP contribution in [0.3, 0.4) is 0 Å². The van der Waals surface area contributed by atoms with Crippen LogP contribution >= 0.6 is 0 Å². The van der Waals surface area contributed by atoms with E-state index in [1.807, 2.05) is 43.0 Å². The van der Waals surface area contributed by atoms with Crippen molar-refractivity contribution in [3.63, 3.8) is 0 Å². The maximum absolute atomic E-state index is 13.7. The summed E-state index contributed by atoms with van der Waals surface area (Å²) in [5.41, 5.74) is 6.47. The predicted molar refractivity (Wildman–Crippen MR) is 114 cm³/mol. The summed E-state index contributed by atoms with van der Waals surface area (Å²) in [5, 5.41) is 5.31. The van der Waals surface area contributed by atoms with Crippen molar-refractivity contribution in [2.45, 2.75) is 39.7 Å². The van der Waals surface area contributed by atoms with Gasteiger partial charge in [-0.15, -0.1) is 0 Å². The Morgan fingerprint density at radius 2 is 2.03 bits per heavy atom. The molecule has 1 N–H and O–H groups in total. The van der Waals surface area contributed by atoms with E-state index in [0.29, 0.717) is 30.0 Å². The number of fused-ring (bicyclic) bond motifs is 3. The minimum atomic E-state index is -0.285. The van der Waals surface area contributed by atoms with Crippen molar-refractivity contribution in [1.82, 2.24) is 20.0 Å². The van der Waals surface area contributed by atoms with Crippen molar-refractivity contribution in [2.75, 3.05) is 6.54 Å². The fourth-order valence-electron chi connectivity index (χ4n) is 4.56. The highest BCUT2D eigenvalue weighted by molar-refractivity contribution is 5.97. The minimum absolute atomic E-state index is 0.0526. The summed E-state index contributed by atoms with van der Waals surface area (Å²) in [4.78, 5) is 24.0. The number of aryl methyl sites for hydroxylation is 3. The number of nitrogens with zero attached hydrogens (tertiary/aromatic N) is 3. The fourth-order valence-corrected chi connectivity index (χ4v) is 4.56. The van der Waals surface area contributed by atoms with Crippen molar-refractivity contribution in [1.29, 1.82) is 0 Å². The second-order valence-electron chi connectivity index (χ2n) is 7.83. The summed E-state index contributed by atoms with van der Waals surface area (Å²) >= 11 is 0. The van der Waals surface area contributed by atoms with Crippen LogP contribution in [-0.2, 0) is 12.8 Å². The van der Waals surface area contributed by atoms with Gasteiger partial charge in [0.1, 0.15) is 17.4 Å². The molecular formula is C24H24N4O2. The van der Waals surface area contributed by atoms with Crippen molar-refractivity contribution in [3.05, 3.63) is 82.1 Å². The molecule has 1 amide bonds. The van der Waals surface area contributed by atoms with Gasteiger partial charge in [-0.2, -0.15) is 0 Å². The molecule has 0 spiro atoms. The van der Waals surface area contributed by atoms with Gasteiger partial charge in [0, 0.05) is 28.8 Å². The number of hydrogen-bond donors (Lipinski definition) is 1. The number of aromatic nitrogens is 3. The second-order valence-corrected chi connectivity index (χ2v) is 7.83. The lowest BCUT2D eigenvalue weighted by atomic mass is 9.93. The summed E-state index contributed by atoms with van der Waals surface area (Å²) < 4.78 is 5.36. The van der Waals surface area contributed by atoms with Crippen LogP contribution in [0.25, 0.3) is 10.9 Å². The first-order chi connectivity index (χ1) is 14.6. The summed E-state index contributed by atoms with van der Waals surface area (Å²) in [6, 6.07) is 14.0. The number of nitrogens with one attached hydrogen (secondary N) is 1. The number of pyridine rings is 1. The molecule has 6 nitrogen and oxygen atoms in total. The number of para-hydroxylation sites is 1. The van der Waals surface area contributed by atoms with Gasteiger partial charge in [0.15, 0.2) is 0 Å². The summed E-state index contributed by atoms with van der Waals surface area (Å²) in [7, 11) is 0. The van der Waals surface area contributed by atoms with Gasteiger partial charge >= 0.3 is 0 Å². The number of carbonyl (C=O) groups excluding carboxylic acids is 1. The van der Waals surface area contributed by atoms with Crippen LogP contribution < -0.4 is 0 Å². The van der Waals surface area contributed by atoms with E-state index in [0.717, 1.165) is 29.0 Å². The van der Waals surface area contributed by atoms with Crippen LogP contribution in [0.15, 0.2) is 47.0 Å². The van der Waals surface area contributed by atoms with E-state index >= 15 is 0 Å². The highest BCUT2D eigenvalue weighted by atomic mass is 16.5. The van der Waals surface area contributed by atoms with E-state index in [9.17, 15) is 4.79 Å². The molecular weight excluding hydrogens is 376 g/mol. The van der Waals surface area contributed by atoms with Gasteiger partial charge in [-0.1, -0.05) is 36.3 Å². The first kappa shape index (κ1) is 18.6. The van der Waals surface area contributed by atoms with E-state index in [-0.39, 0.29) is 11.9 Å². The third kappa shape index (κ3) is 2.83. The third-order valence-corrected chi connectivity index (χ3v) is 5.97. The number of aromatic amines is 1. The Morgan fingerprint density at radius 1 is 1.20 bits per heavy atom. The Bertz CT molecular complexity index is 1250. The van der Waals surface area contributed by atoms with Crippen LogP contribution in [0.5, 0.6) is 0 Å². The Balaban J connectivity index is 1.69. The molecule has 4 heterocycles. The topological polar surface area (TPSA) is 75.0 Å². The average Bonchev–Trinajstić information content (AvgIpc) is 3.32. The fraction of sp³-hybridized carbons (Fsp3) is 0.292. The van der Waals surface area contributed by atoms with Gasteiger partial charge < -0.3 is 14.4 Å². The zero-order valence-electron chi connectivity index (χ0n) is 17.4. The van der Waals surface area contributed by atoms with Gasteiger partial charge in [-0.05, 0) is 50.5 Å². The maximum Gasteiger partial charge on any atom is 0.260 e. The van der Waals surface area contributed by atoms with Gasteiger partial charge in [0.2, 0.25) is 0 Å². The quantitative estimate of drug-likeness (QED) is 0.549. The third-order valence-electron chi connectivity index (χ3n) is 5.97. The van der Waals surface area contributed by atoms with Gasteiger partial charge in [0.05, 0.1) is 11.4 Å². The standard InChI is InChI=1S/C24H24N4O2/c1-4-18-21(15(3)30-27-18)24(29)28-13-12-17-16-9-5-6-10-19(16)26-22(17)23(28)20-11-7-8-14(2)25-20/h5-11,23,26H,4,12-13H2,1-3H3/t23-/m1/s1. The molecule has 0 saturated heterocycles. The number of hydrogen-bond acceptors (Lipinski definition) is 4. The molecule has 0 aliphatic carbocycles. The normalized spacial score (nSPS) is 16.1. The van der Waals surface area contributed by atoms with Crippen molar-refractivity contribution in [2.24, 2.45) is 0 Å². The number of amides is 1. The lowest BCUT2D eigenvalue weighted by Crippen LogP contribution is -2.41. The van der Waals surface area contributed by atoms with Crippen LogP contribution in [0.4, 0.5) is 0 Å². The molecule has 0 unspecified atom stereocenters. The molecule has 152 valence electrons. The van der Waals surface area contributed by atoms with E-state index in [4.69, 9.17) is 9.51 Å². The number of benzene rings is 1. The predicted octanol–water partition coefficient (Wildman–Crippen LogP) is 4.52. The Morgan fingerprint density at radius 3 is 2.83 bits per heavy atom. The zero-order chi connectivity index (χ0) is 20.8. The molecule has 1 aliphatic heterocycles. The first-order valence-electron chi connectivity index (χ1n) is 10.4.